The normalized spacial score (nSPS) is 14.2. The van der Waals surface area contributed by atoms with Gasteiger partial charge in [0.2, 0.25) is 0 Å². The van der Waals surface area contributed by atoms with Gasteiger partial charge < -0.3 is 5.32 Å². The van der Waals surface area contributed by atoms with Crippen LogP contribution in [0.4, 0.5) is 5.69 Å². The van der Waals surface area contributed by atoms with Crippen molar-refractivity contribution in [1.82, 2.24) is 14.8 Å². The molecule has 1 aromatic carbocycles. The Hall–Kier alpha value is -1.92. The molecule has 7 heteroatoms. The largest absolute Gasteiger partial charge is 0.321 e. The summed E-state index contributed by atoms with van der Waals surface area (Å²) in [5.41, 5.74) is 2.89. The summed E-state index contributed by atoms with van der Waals surface area (Å²) in [7, 11) is 0. The van der Waals surface area contributed by atoms with Crippen LogP contribution >= 0.6 is 27.5 Å². The lowest BCUT2D eigenvalue weighted by molar-refractivity contribution is 0.102. The third-order valence-corrected chi connectivity index (χ3v) is 5.30. The molecule has 2 aromatic heterocycles. The Labute approximate surface area is 164 Å². The average molecular weight is 434 g/mol. The summed E-state index contributed by atoms with van der Waals surface area (Å²) in [6.45, 7) is 4.11. The van der Waals surface area contributed by atoms with Gasteiger partial charge in [-0.25, -0.2) is 9.67 Å². The van der Waals surface area contributed by atoms with Crippen LogP contribution in [0.2, 0.25) is 5.02 Å². The van der Waals surface area contributed by atoms with E-state index < -0.39 is 0 Å². The van der Waals surface area contributed by atoms with Crippen molar-refractivity contribution in [2.75, 3.05) is 5.32 Å². The summed E-state index contributed by atoms with van der Waals surface area (Å²) < 4.78 is 2.73. The van der Waals surface area contributed by atoms with Crippen LogP contribution in [-0.2, 0) is 0 Å². The number of benzene rings is 1. The molecule has 1 aliphatic rings. The number of rotatable bonds is 4. The minimum absolute atomic E-state index is 0.172. The van der Waals surface area contributed by atoms with Crippen molar-refractivity contribution in [3.8, 4) is 0 Å². The first-order valence-corrected chi connectivity index (χ1v) is 9.75. The molecule has 1 amide bonds. The van der Waals surface area contributed by atoms with E-state index in [4.69, 9.17) is 16.6 Å². The van der Waals surface area contributed by atoms with E-state index in [2.05, 4.69) is 40.2 Å². The number of pyridine rings is 1. The van der Waals surface area contributed by atoms with Crippen LogP contribution < -0.4 is 5.32 Å². The fourth-order valence-electron chi connectivity index (χ4n) is 2.97. The highest BCUT2D eigenvalue weighted by Gasteiger charge is 2.28. The molecule has 26 heavy (non-hydrogen) atoms. The van der Waals surface area contributed by atoms with Crippen molar-refractivity contribution in [1.29, 1.82) is 0 Å². The van der Waals surface area contributed by atoms with E-state index in [-0.39, 0.29) is 11.9 Å². The summed E-state index contributed by atoms with van der Waals surface area (Å²) in [5.74, 6) is 0.240. The smallest absolute Gasteiger partial charge is 0.256 e. The molecule has 1 aliphatic carbocycles. The monoisotopic (exact) mass is 432 g/mol. The molecule has 0 bridgehead atoms. The Bertz CT molecular complexity index is 1010. The molecule has 0 spiro atoms. The van der Waals surface area contributed by atoms with E-state index in [9.17, 15) is 4.79 Å². The fraction of sp³-hybridized carbons (Fsp3) is 0.316. The maximum Gasteiger partial charge on any atom is 0.256 e. The molecule has 1 fully saturated rings. The van der Waals surface area contributed by atoms with Gasteiger partial charge in [0.15, 0.2) is 5.65 Å². The van der Waals surface area contributed by atoms with Crippen molar-refractivity contribution in [2.45, 2.75) is 38.6 Å². The first-order chi connectivity index (χ1) is 12.4. The maximum atomic E-state index is 13.0. The lowest BCUT2D eigenvalue weighted by atomic mass is 10.1. The van der Waals surface area contributed by atoms with E-state index in [1.807, 2.05) is 16.8 Å². The Kier molecular flexibility index (Phi) is 4.49. The number of hydrogen-bond acceptors (Lipinski definition) is 3. The van der Waals surface area contributed by atoms with Gasteiger partial charge in [-0.15, -0.1) is 0 Å². The predicted octanol–water partition coefficient (Wildman–Crippen LogP) is 5.56. The zero-order valence-electron chi connectivity index (χ0n) is 14.5. The van der Waals surface area contributed by atoms with Gasteiger partial charge in [-0.3, -0.25) is 4.79 Å². The number of aromatic nitrogens is 3. The van der Waals surface area contributed by atoms with Crippen LogP contribution in [0.5, 0.6) is 0 Å². The Morgan fingerprint density at radius 2 is 2.12 bits per heavy atom. The fourth-order valence-corrected chi connectivity index (χ4v) is 3.69. The molecule has 0 unspecified atom stereocenters. The van der Waals surface area contributed by atoms with Gasteiger partial charge in [0.05, 0.1) is 27.9 Å². The molecule has 0 aliphatic heterocycles. The predicted molar refractivity (Wildman–Crippen MR) is 107 cm³/mol. The van der Waals surface area contributed by atoms with Gasteiger partial charge in [0, 0.05) is 22.1 Å². The van der Waals surface area contributed by atoms with Crippen molar-refractivity contribution >= 4 is 50.2 Å². The van der Waals surface area contributed by atoms with Gasteiger partial charge in [0.25, 0.3) is 5.91 Å². The minimum Gasteiger partial charge on any atom is -0.321 e. The Morgan fingerprint density at radius 1 is 1.35 bits per heavy atom. The summed E-state index contributed by atoms with van der Waals surface area (Å²) >= 11 is 9.62. The number of nitrogens with zero attached hydrogens (tertiary/aromatic N) is 3. The van der Waals surface area contributed by atoms with Crippen molar-refractivity contribution in [3.05, 3.63) is 51.2 Å². The van der Waals surface area contributed by atoms with Gasteiger partial charge in [-0.2, -0.15) is 5.10 Å². The molecule has 3 aromatic rings. The van der Waals surface area contributed by atoms with Crippen molar-refractivity contribution in [3.63, 3.8) is 0 Å². The standard InChI is InChI=1S/C19H18BrClN4O/c1-10(2)25-18-14(9-22-25)13(8-17(23-18)11-3-4-11)19(26)24-16-6-5-12(20)7-15(16)21/h5-11H,3-4H2,1-2H3,(H,24,26). The highest BCUT2D eigenvalue weighted by Crippen LogP contribution is 2.40. The second-order valence-corrected chi connectivity index (χ2v) is 8.19. The summed E-state index contributed by atoms with van der Waals surface area (Å²) in [5, 5.41) is 8.59. The highest BCUT2D eigenvalue weighted by molar-refractivity contribution is 9.10. The van der Waals surface area contributed by atoms with E-state index in [1.54, 1.807) is 18.3 Å². The molecule has 2 heterocycles. The van der Waals surface area contributed by atoms with Gasteiger partial charge in [-0.1, -0.05) is 27.5 Å². The average Bonchev–Trinajstić information content (AvgIpc) is 3.35. The van der Waals surface area contributed by atoms with E-state index in [0.29, 0.717) is 22.2 Å². The van der Waals surface area contributed by atoms with Crippen LogP contribution in [0, 0.1) is 0 Å². The molecular formula is C19H18BrClN4O. The van der Waals surface area contributed by atoms with Gasteiger partial charge in [0.1, 0.15) is 0 Å². The maximum absolute atomic E-state index is 13.0. The third kappa shape index (κ3) is 3.23. The lowest BCUT2D eigenvalue weighted by Gasteiger charge is -2.11. The lowest BCUT2D eigenvalue weighted by Crippen LogP contribution is -2.14. The molecule has 0 radical (unpaired) electrons. The quantitative estimate of drug-likeness (QED) is 0.586. The van der Waals surface area contributed by atoms with Crippen LogP contribution in [0.25, 0.3) is 11.0 Å². The first-order valence-electron chi connectivity index (χ1n) is 8.58. The minimum atomic E-state index is -0.202. The molecule has 1 N–H and O–H groups in total. The number of halogens is 2. The molecule has 1 saturated carbocycles. The second kappa shape index (κ2) is 6.67. The Morgan fingerprint density at radius 3 is 2.77 bits per heavy atom. The molecular weight excluding hydrogens is 416 g/mol. The number of amides is 1. The van der Waals surface area contributed by atoms with Crippen LogP contribution in [-0.4, -0.2) is 20.7 Å². The SMILES string of the molecule is CC(C)n1ncc2c(C(=O)Nc3ccc(Br)cc3Cl)cc(C3CC3)nc21. The van der Waals surface area contributed by atoms with Crippen molar-refractivity contribution in [2.24, 2.45) is 0 Å². The number of fused-ring (bicyclic) bond motifs is 1. The number of anilines is 1. The third-order valence-electron chi connectivity index (χ3n) is 4.50. The topological polar surface area (TPSA) is 59.8 Å². The molecule has 134 valence electrons. The number of carbonyl (C=O) groups is 1. The van der Waals surface area contributed by atoms with Gasteiger partial charge in [-0.05, 0) is 51.0 Å². The molecule has 5 nitrogen and oxygen atoms in total. The summed E-state index contributed by atoms with van der Waals surface area (Å²) in [6, 6.07) is 7.45. The van der Waals surface area contributed by atoms with E-state index in [0.717, 1.165) is 34.0 Å². The first kappa shape index (κ1) is 17.5. The van der Waals surface area contributed by atoms with Crippen LogP contribution in [0.1, 0.15) is 54.7 Å². The zero-order valence-corrected chi connectivity index (χ0v) is 16.8. The van der Waals surface area contributed by atoms with E-state index in [1.165, 1.54) is 0 Å². The molecule has 0 saturated heterocycles. The highest BCUT2D eigenvalue weighted by atomic mass is 79.9. The van der Waals surface area contributed by atoms with E-state index >= 15 is 0 Å². The number of hydrogen-bond donors (Lipinski definition) is 1. The zero-order chi connectivity index (χ0) is 18.4. The number of nitrogens with one attached hydrogen (secondary N) is 1. The van der Waals surface area contributed by atoms with Crippen molar-refractivity contribution < 1.29 is 4.79 Å². The molecule has 4 rings (SSSR count). The van der Waals surface area contributed by atoms with Crippen LogP contribution in [0.3, 0.4) is 0 Å². The Balaban J connectivity index is 1.78. The number of carbonyl (C=O) groups excluding carboxylic acids is 1. The summed E-state index contributed by atoms with van der Waals surface area (Å²) in [6.07, 6.45) is 3.96. The van der Waals surface area contributed by atoms with Gasteiger partial charge >= 0.3 is 0 Å². The summed E-state index contributed by atoms with van der Waals surface area (Å²) in [4.78, 5) is 17.8. The van der Waals surface area contributed by atoms with Crippen LogP contribution in [0.15, 0.2) is 34.9 Å². The molecule has 0 atom stereocenters. The second-order valence-electron chi connectivity index (χ2n) is 6.87.